The number of phenols is 1. The molecule has 3 aromatic rings. The molecule has 3 rings (SSSR count). The lowest BCUT2D eigenvalue weighted by molar-refractivity contribution is 0.102. The van der Waals surface area contributed by atoms with Crippen LogP contribution in [0, 0.1) is 0 Å². The van der Waals surface area contributed by atoms with E-state index < -0.39 is 5.91 Å². The summed E-state index contributed by atoms with van der Waals surface area (Å²) in [6, 6.07) is 14.1. The number of nitrogens with one attached hydrogen (secondary N) is 1. The molecule has 0 spiro atoms. The fourth-order valence-corrected chi connectivity index (χ4v) is 2.86. The van der Waals surface area contributed by atoms with E-state index in [-0.39, 0.29) is 11.4 Å². The predicted octanol–water partition coefficient (Wildman–Crippen LogP) is 4.42. The Balaban J connectivity index is 1.81. The highest BCUT2D eigenvalue weighted by Crippen LogP contribution is 2.28. The first-order valence-electron chi connectivity index (χ1n) is 6.44. The molecule has 1 aromatic heterocycles. The van der Waals surface area contributed by atoms with Crippen LogP contribution in [0.25, 0.3) is 10.6 Å². The van der Waals surface area contributed by atoms with E-state index in [1.807, 2.05) is 30.3 Å². The molecule has 110 valence electrons. The van der Waals surface area contributed by atoms with Crippen molar-refractivity contribution in [2.75, 3.05) is 5.32 Å². The molecule has 0 bridgehead atoms. The number of hydrogen-bond acceptors (Lipinski definition) is 4. The van der Waals surface area contributed by atoms with Crippen LogP contribution in [0.15, 0.2) is 53.9 Å². The summed E-state index contributed by atoms with van der Waals surface area (Å²) in [5.74, 6) is -0.438. The van der Waals surface area contributed by atoms with Crippen LogP contribution in [0.3, 0.4) is 0 Å². The van der Waals surface area contributed by atoms with Gasteiger partial charge in [0.05, 0.1) is 5.69 Å². The Morgan fingerprint density at radius 3 is 2.73 bits per heavy atom. The van der Waals surface area contributed by atoms with Gasteiger partial charge in [0.15, 0.2) is 0 Å². The van der Waals surface area contributed by atoms with Gasteiger partial charge in [-0.3, -0.25) is 4.79 Å². The van der Waals surface area contributed by atoms with Crippen molar-refractivity contribution >= 4 is 34.5 Å². The first-order valence-corrected chi connectivity index (χ1v) is 7.70. The van der Waals surface area contributed by atoms with Gasteiger partial charge in [0, 0.05) is 16.0 Å². The number of nitrogens with zero attached hydrogens (tertiary/aromatic N) is 1. The van der Waals surface area contributed by atoms with Crippen LogP contribution >= 0.6 is 22.9 Å². The van der Waals surface area contributed by atoms with Gasteiger partial charge in [-0.05, 0) is 18.2 Å². The Bertz CT molecular complexity index is 818. The lowest BCUT2D eigenvalue weighted by Gasteiger charge is -2.06. The minimum absolute atomic E-state index is 0.0451. The summed E-state index contributed by atoms with van der Waals surface area (Å²) in [7, 11) is 0. The van der Waals surface area contributed by atoms with E-state index in [4.69, 9.17) is 11.6 Å². The predicted molar refractivity (Wildman–Crippen MR) is 88.6 cm³/mol. The molecule has 0 aliphatic rings. The van der Waals surface area contributed by atoms with E-state index in [1.54, 1.807) is 11.4 Å². The van der Waals surface area contributed by atoms with Crippen molar-refractivity contribution in [3.05, 3.63) is 64.6 Å². The molecule has 2 aromatic carbocycles. The zero-order valence-corrected chi connectivity index (χ0v) is 12.9. The second-order valence-corrected chi connectivity index (χ2v) is 5.81. The first-order chi connectivity index (χ1) is 10.6. The molecule has 0 aliphatic carbocycles. The molecule has 6 heteroatoms. The monoisotopic (exact) mass is 330 g/mol. The van der Waals surface area contributed by atoms with Crippen LogP contribution in [0.5, 0.6) is 5.75 Å². The van der Waals surface area contributed by atoms with Crippen LogP contribution in [-0.4, -0.2) is 16.0 Å². The second-order valence-electron chi connectivity index (χ2n) is 4.52. The van der Waals surface area contributed by atoms with Crippen molar-refractivity contribution in [3.63, 3.8) is 0 Å². The number of carbonyl (C=O) groups excluding carboxylic acids is 1. The third kappa shape index (κ3) is 3.10. The second kappa shape index (κ2) is 6.17. The summed E-state index contributed by atoms with van der Waals surface area (Å²) in [6.07, 6.45) is 0. The number of anilines is 1. The number of amides is 1. The Morgan fingerprint density at radius 1 is 1.18 bits per heavy atom. The molecule has 0 unspecified atom stereocenters. The smallest absolute Gasteiger partial charge is 0.275 e. The Labute approximate surface area is 136 Å². The Morgan fingerprint density at radius 2 is 1.95 bits per heavy atom. The van der Waals surface area contributed by atoms with Crippen LogP contribution in [0.1, 0.15) is 10.5 Å². The Hall–Kier alpha value is -2.37. The quantitative estimate of drug-likeness (QED) is 0.699. The van der Waals surface area contributed by atoms with E-state index >= 15 is 0 Å². The van der Waals surface area contributed by atoms with Crippen molar-refractivity contribution in [2.24, 2.45) is 0 Å². The van der Waals surface area contributed by atoms with Gasteiger partial charge in [0.1, 0.15) is 16.5 Å². The molecule has 1 amide bonds. The SMILES string of the molecule is O=C(Nc1cc(Cl)ccc1O)c1csc(-c2ccccc2)n1. The summed E-state index contributed by atoms with van der Waals surface area (Å²) in [4.78, 5) is 16.5. The number of hydrogen-bond donors (Lipinski definition) is 2. The summed E-state index contributed by atoms with van der Waals surface area (Å²) < 4.78 is 0. The maximum absolute atomic E-state index is 12.2. The fraction of sp³-hybridized carbons (Fsp3) is 0. The van der Waals surface area contributed by atoms with E-state index in [9.17, 15) is 9.90 Å². The van der Waals surface area contributed by atoms with Gasteiger partial charge in [-0.25, -0.2) is 4.98 Å². The van der Waals surface area contributed by atoms with Gasteiger partial charge in [-0.15, -0.1) is 11.3 Å². The standard InChI is InChI=1S/C16H11ClN2O2S/c17-11-6-7-14(20)12(8-11)18-15(21)13-9-22-16(19-13)10-4-2-1-3-5-10/h1-9,20H,(H,18,21). The topological polar surface area (TPSA) is 62.2 Å². The number of aromatic nitrogens is 1. The van der Waals surface area contributed by atoms with Gasteiger partial charge in [-0.2, -0.15) is 0 Å². The van der Waals surface area contributed by atoms with Crippen molar-refractivity contribution in [2.45, 2.75) is 0 Å². The maximum atomic E-state index is 12.2. The molecule has 0 aliphatic heterocycles. The zero-order chi connectivity index (χ0) is 15.5. The molecule has 0 atom stereocenters. The van der Waals surface area contributed by atoms with E-state index in [2.05, 4.69) is 10.3 Å². The fourth-order valence-electron chi connectivity index (χ4n) is 1.89. The molecule has 4 nitrogen and oxygen atoms in total. The lowest BCUT2D eigenvalue weighted by atomic mass is 10.2. The normalized spacial score (nSPS) is 10.4. The molecule has 0 saturated heterocycles. The third-order valence-corrected chi connectivity index (χ3v) is 4.09. The Kier molecular flexibility index (Phi) is 4.09. The average molecular weight is 331 g/mol. The summed E-state index contributed by atoms with van der Waals surface area (Å²) in [5, 5.41) is 15.2. The molecule has 0 saturated carbocycles. The van der Waals surface area contributed by atoms with Gasteiger partial charge in [0.25, 0.3) is 5.91 Å². The largest absolute Gasteiger partial charge is 0.506 e. The summed E-state index contributed by atoms with van der Waals surface area (Å²) >= 11 is 7.24. The summed E-state index contributed by atoms with van der Waals surface area (Å²) in [5.41, 5.74) is 1.51. The van der Waals surface area contributed by atoms with Crippen molar-refractivity contribution < 1.29 is 9.90 Å². The highest BCUT2D eigenvalue weighted by molar-refractivity contribution is 7.13. The number of halogens is 1. The van der Waals surface area contributed by atoms with Gasteiger partial charge in [0.2, 0.25) is 0 Å². The number of phenolic OH excluding ortho intramolecular Hbond substituents is 1. The van der Waals surface area contributed by atoms with Crippen molar-refractivity contribution in [3.8, 4) is 16.3 Å². The van der Waals surface area contributed by atoms with Crippen LogP contribution in [0.4, 0.5) is 5.69 Å². The molecule has 1 heterocycles. The molecular formula is C16H11ClN2O2S. The lowest BCUT2D eigenvalue weighted by Crippen LogP contribution is -2.12. The molecule has 0 radical (unpaired) electrons. The van der Waals surface area contributed by atoms with E-state index in [0.717, 1.165) is 10.6 Å². The number of thiazole rings is 1. The van der Waals surface area contributed by atoms with Crippen LogP contribution < -0.4 is 5.32 Å². The number of aromatic hydroxyl groups is 1. The minimum atomic E-state index is -0.393. The number of benzene rings is 2. The van der Waals surface area contributed by atoms with Gasteiger partial charge >= 0.3 is 0 Å². The van der Waals surface area contributed by atoms with E-state index in [0.29, 0.717) is 10.7 Å². The van der Waals surface area contributed by atoms with Gasteiger partial charge < -0.3 is 10.4 Å². The summed E-state index contributed by atoms with van der Waals surface area (Å²) in [6.45, 7) is 0. The zero-order valence-electron chi connectivity index (χ0n) is 11.3. The molecule has 22 heavy (non-hydrogen) atoms. The van der Waals surface area contributed by atoms with Gasteiger partial charge in [-0.1, -0.05) is 41.9 Å². The first kappa shape index (κ1) is 14.6. The highest BCUT2D eigenvalue weighted by atomic mass is 35.5. The third-order valence-electron chi connectivity index (χ3n) is 2.96. The minimum Gasteiger partial charge on any atom is -0.506 e. The van der Waals surface area contributed by atoms with Crippen molar-refractivity contribution in [1.29, 1.82) is 0 Å². The average Bonchev–Trinajstić information content (AvgIpc) is 3.02. The molecule has 2 N–H and O–H groups in total. The van der Waals surface area contributed by atoms with E-state index in [1.165, 1.54) is 23.5 Å². The maximum Gasteiger partial charge on any atom is 0.275 e. The highest BCUT2D eigenvalue weighted by Gasteiger charge is 2.13. The van der Waals surface area contributed by atoms with Crippen molar-refractivity contribution in [1.82, 2.24) is 4.98 Å². The number of carbonyl (C=O) groups is 1. The van der Waals surface area contributed by atoms with Crippen LogP contribution in [-0.2, 0) is 0 Å². The number of rotatable bonds is 3. The molecular weight excluding hydrogens is 320 g/mol. The molecule has 0 fully saturated rings. The van der Waals surface area contributed by atoms with Crippen LogP contribution in [0.2, 0.25) is 5.02 Å².